The average molecular weight is 408 g/mol. The second-order valence-corrected chi connectivity index (χ2v) is 10.2. The highest BCUT2D eigenvalue weighted by atomic mass is 32.2. The molecule has 1 aromatic carbocycles. The summed E-state index contributed by atoms with van der Waals surface area (Å²) in [5, 5.41) is 0. The second-order valence-electron chi connectivity index (χ2n) is 7.03. The summed E-state index contributed by atoms with van der Waals surface area (Å²) in [5.41, 5.74) is 2.52. The largest absolute Gasteiger partial charge is 0.369 e. The Balaban J connectivity index is 1.45. The Kier molecular flexibility index (Phi) is 6.92. The van der Waals surface area contributed by atoms with Crippen LogP contribution in [0.3, 0.4) is 0 Å². The van der Waals surface area contributed by atoms with Crippen molar-refractivity contribution in [3.63, 3.8) is 0 Å². The van der Waals surface area contributed by atoms with Crippen LogP contribution in [0.1, 0.15) is 23.8 Å². The van der Waals surface area contributed by atoms with Crippen LogP contribution >= 0.6 is 11.3 Å². The van der Waals surface area contributed by atoms with Crippen LogP contribution in [-0.2, 0) is 22.9 Å². The number of benzene rings is 1. The SMILES string of the molecule is CCc1ccc(S(=O)(=O)NCCCc2ccc(N3CCN(C)CC3)cc2)s1. The molecule has 1 aromatic heterocycles. The maximum Gasteiger partial charge on any atom is 0.250 e. The molecule has 3 rings (SSSR count). The molecule has 2 heterocycles. The van der Waals surface area contributed by atoms with Gasteiger partial charge in [-0.05, 0) is 56.1 Å². The zero-order valence-corrected chi connectivity index (χ0v) is 17.8. The number of likely N-dealkylation sites (N-methyl/N-ethyl adjacent to an activating group) is 1. The molecule has 1 aliphatic heterocycles. The molecule has 0 spiro atoms. The molecule has 1 N–H and O–H groups in total. The molecule has 0 bridgehead atoms. The number of piperazine rings is 1. The summed E-state index contributed by atoms with van der Waals surface area (Å²) in [6, 6.07) is 12.3. The van der Waals surface area contributed by atoms with Gasteiger partial charge < -0.3 is 9.80 Å². The van der Waals surface area contributed by atoms with Crippen molar-refractivity contribution in [3.05, 3.63) is 46.8 Å². The van der Waals surface area contributed by atoms with Crippen LogP contribution in [0.2, 0.25) is 0 Å². The Morgan fingerprint density at radius 2 is 1.74 bits per heavy atom. The number of rotatable bonds is 8. The number of nitrogens with one attached hydrogen (secondary N) is 1. The maximum absolute atomic E-state index is 12.3. The fourth-order valence-corrected chi connectivity index (χ4v) is 5.62. The summed E-state index contributed by atoms with van der Waals surface area (Å²) in [6.45, 7) is 6.84. The van der Waals surface area contributed by atoms with Gasteiger partial charge in [0.2, 0.25) is 10.0 Å². The lowest BCUT2D eigenvalue weighted by molar-refractivity contribution is 0.313. The molecule has 1 aliphatic rings. The van der Waals surface area contributed by atoms with Crippen LogP contribution in [-0.4, -0.2) is 53.1 Å². The standard InChI is InChI=1S/C20H29N3O2S2/c1-3-19-10-11-20(26-19)27(24,25)21-12-4-5-17-6-8-18(9-7-17)23-15-13-22(2)14-16-23/h6-11,21H,3-5,12-16H2,1-2H3. The predicted octanol–water partition coefficient (Wildman–Crippen LogP) is 2.97. The van der Waals surface area contributed by atoms with Gasteiger partial charge in [0.1, 0.15) is 4.21 Å². The summed E-state index contributed by atoms with van der Waals surface area (Å²) in [7, 11) is -1.21. The summed E-state index contributed by atoms with van der Waals surface area (Å²) in [6.07, 6.45) is 2.53. The smallest absolute Gasteiger partial charge is 0.250 e. The summed E-state index contributed by atoms with van der Waals surface area (Å²) in [4.78, 5) is 5.87. The maximum atomic E-state index is 12.3. The normalized spacial score (nSPS) is 16.0. The first-order valence-electron chi connectivity index (χ1n) is 9.59. The third kappa shape index (κ3) is 5.54. The Morgan fingerprint density at radius 3 is 2.37 bits per heavy atom. The van der Waals surface area contributed by atoms with Crippen LogP contribution < -0.4 is 9.62 Å². The van der Waals surface area contributed by atoms with Gasteiger partial charge in [-0.1, -0.05) is 19.1 Å². The average Bonchev–Trinajstić information content (AvgIpc) is 3.17. The summed E-state index contributed by atoms with van der Waals surface area (Å²) in [5.74, 6) is 0. The Hall–Kier alpha value is -1.41. The van der Waals surface area contributed by atoms with Crippen molar-refractivity contribution in [2.45, 2.75) is 30.4 Å². The molecule has 148 valence electrons. The molecule has 7 heteroatoms. The fraction of sp³-hybridized carbons (Fsp3) is 0.500. The van der Waals surface area contributed by atoms with E-state index in [2.05, 4.69) is 45.8 Å². The van der Waals surface area contributed by atoms with Crippen molar-refractivity contribution in [1.82, 2.24) is 9.62 Å². The van der Waals surface area contributed by atoms with Crippen LogP contribution in [0.5, 0.6) is 0 Å². The molecule has 0 saturated carbocycles. The van der Waals surface area contributed by atoms with Crippen LogP contribution in [0.15, 0.2) is 40.6 Å². The number of thiophene rings is 1. The number of aryl methyl sites for hydroxylation is 2. The van der Waals surface area contributed by atoms with E-state index in [1.54, 1.807) is 6.07 Å². The highest BCUT2D eigenvalue weighted by Gasteiger charge is 2.16. The van der Waals surface area contributed by atoms with Gasteiger partial charge >= 0.3 is 0 Å². The first-order chi connectivity index (χ1) is 13.0. The van der Waals surface area contributed by atoms with E-state index in [1.807, 2.05) is 13.0 Å². The van der Waals surface area contributed by atoms with Gasteiger partial charge in [0.05, 0.1) is 0 Å². The minimum absolute atomic E-state index is 0.413. The minimum Gasteiger partial charge on any atom is -0.369 e. The van der Waals surface area contributed by atoms with Gasteiger partial charge in [-0.2, -0.15) is 0 Å². The second kappa shape index (κ2) is 9.19. The van der Waals surface area contributed by atoms with Gasteiger partial charge in [0, 0.05) is 43.3 Å². The van der Waals surface area contributed by atoms with Crippen molar-refractivity contribution in [1.29, 1.82) is 0 Å². The number of hydrogen-bond acceptors (Lipinski definition) is 5. The number of anilines is 1. The molecule has 1 fully saturated rings. The van der Waals surface area contributed by atoms with Crippen LogP contribution in [0.25, 0.3) is 0 Å². The quantitative estimate of drug-likeness (QED) is 0.684. The van der Waals surface area contributed by atoms with Crippen molar-refractivity contribution in [3.8, 4) is 0 Å². The van der Waals surface area contributed by atoms with Gasteiger partial charge in [-0.15, -0.1) is 11.3 Å². The molecule has 0 aliphatic carbocycles. The zero-order chi connectivity index (χ0) is 19.3. The first kappa shape index (κ1) is 20.3. The first-order valence-corrected chi connectivity index (χ1v) is 11.9. The molecule has 1 saturated heterocycles. The minimum atomic E-state index is -3.37. The van der Waals surface area contributed by atoms with E-state index in [1.165, 1.54) is 22.6 Å². The lowest BCUT2D eigenvalue weighted by Crippen LogP contribution is -2.44. The van der Waals surface area contributed by atoms with Gasteiger partial charge in [-0.3, -0.25) is 0 Å². The zero-order valence-electron chi connectivity index (χ0n) is 16.1. The topological polar surface area (TPSA) is 52.7 Å². The van der Waals surface area contributed by atoms with E-state index in [0.29, 0.717) is 10.8 Å². The van der Waals surface area contributed by atoms with E-state index in [0.717, 1.165) is 50.3 Å². The number of nitrogens with zero attached hydrogens (tertiary/aromatic N) is 2. The van der Waals surface area contributed by atoms with E-state index in [9.17, 15) is 8.42 Å². The third-order valence-electron chi connectivity index (χ3n) is 4.99. The molecule has 0 atom stereocenters. The lowest BCUT2D eigenvalue weighted by atomic mass is 10.1. The fourth-order valence-electron chi connectivity index (χ4n) is 3.20. The van der Waals surface area contributed by atoms with Crippen LogP contribution in [0, 0.1) is 0 Å². The van der Waals surface area contributed by atoms with Gasteiger partial charge in [0.15, 0.2) is 0 Å². The van der Waals surface area contributed by atoms with Crippen molar-refractivity contribution >= 4 is 27.0 Å². The number of hydrogen-bond donors (Lipinski definition) is 1. The molecule has 0 amide bonds. The molecule has 0 radical (unpaired) electrons. The molecule has 27 heavy (non-hydrogen) atoms. The lowest BCUT2D eigenvalue weighted by Gasteiger charge is -2.34. The predicted molar refractivity (Wildman–Crippen MR) is 113 cm³/mol. The van der Waals surface area contributed by atoms with E-state index in [4.69, 9.17) is 0 Å². The molecule has 2 aromatic rings. The molecule has 5 nitrogen and oxygen atoms in total. The molecule has 0 unspecified atom stereocenters. The van der Waals surface area contributed by atoms with E-state index in [-0.39, 0.29) is 0 Å². The van der Waals surface area contributed by atoms with Crippen LogP contribution in [0.4, 0.5) is 5.69 Å². The monoisotopic (exact) mass is 407 g/mol. The Bertz CT molecular complexity index is 823. The third-order valence-corrected chi connectivity index (χ3v) is 8.17. The van der Waals surface area contributed by atoms with Gasteiger partial charge in [0.25, 0.3) is 0 Å². The number of sulfonamides is 1. The summed E-state index contributed by atoms with van der Waals surface area (Å²) < 4.78 is 27.7. The van der Waals surface area contributed by atoms with Crippen molar-refractivity contribution < 1.29 is 8.42 Å². The highest BCUT2D eigenvalue weighted by Crippen LogP contribution is 2.22. The van der Waals surface area contributed by atoms with E-state index < -0.39 is 10.0 Å². The molecular formula is C20H29N3O2S2. The summed E-state index contributed by atoms with van der Waals surface area (Å²) >= 11 is 1.35. The van der Waals surface area contributed by atoms with Crippen molar-refractivity contribution in [2.24, 2.45) is 0 Å². The Morgan fingerprint density at radius 1 is 1.04 bits per heavy atom. The van der Waals surface area contributed by atoms with Crippen molar-refractivity contribution in [2.75, 3.05) is 44.7 Å². The Labute approximate surface area is 167 Å². The molecular weight excluding hydrogens is 378 g/mol. The van der Waals surface area contributed by atoms with Gasteiger partial charge in [-0.25, -0.2) is 13.1 Å². The van der Waals surface area contributed by atoms with E-state index >= 15 is 0 Å². The highest BCUT2D eigenvalue weighted by molar-refractivity contribution is 7.91.